The van der Waals surface area contributed by atoms with E-state index in [9.17, 15) is 0 Å². The summed E-state index contributed by atoms with van der Waals surface area (Å²) < 4.78 is 0. The second kappa shape index (κ2) is 12.6. The van der Waals surface area contributed by atoms with Gasteiger partial charge in [-0.1, -0.05) is 117 Å². The highest BCUT2D eigenvalue weighted by molar-refractivity contribution is 5.92. The van der Waals surface area contributed by atoms with Crippen LogP contribution in [0.2, 0.25) is 0 Å². The van der Waals surface area contributed by atoms with Crippen molar-refractivity contribution in [1.82, 2.24) is 9.80 Å². The van der Waals surface area contributed by atoms with Crippen molar-refractivity contribution in [3.8, 4) is 0 Å². The second-order valence-corrected chi connectivity index (χ2v) is 15.7. The van der Waals surface area contributed by atoms with E-state index in [0.717, 1.165) is 51.5 Å². The van der Waals surface area contributed by atoms with Crippen LogP contribution in [-0.2, 0) is 5.41 Å². The van der Waals surface area contributed by atoms with Gasteiger partial charge in [-0.15, -0.1) is 0 Å². The van der Waals surface area contributed by atoms with E-state index in [1.165, 1.54) is 71.5 Å². The Hall–Kier alpha value is -4.56. The first-order valence-electron chi connectivity index (χ1n) is 20.0. The summed E-state index contributed by atoms with van der Waals surface area (Å²) in [6.45, 7) is 3.28. The molecule has 1 spiro atoms. The maximum Gasteiger partial charge on any atom is 0.0759 e. The lowest BCUT2D eigenvalue weighted by molar-refractivity contribution is 0.144. The van der Waals surface area contributed by atoms with Crippen molar-refractivity contribution < 1.29 is 0 Å². The number of benzene rings is 1. The van der Waals surface area contributed by atoms with Crippen molar-refractivity contribution in [3.63, 3.8) is 0 Å². The van der Waals surface area contributed by atoms with E-state index in [4.69, 9.17) is 0 Å². The predicted octanol–water partition coefficient (Wildman–Crippen LogP) is 11.7. The Labute approximate surface area is 305 Å². The van der Waals surface area contributed by atoms with Crippen LogP contribution in [0.25, 0.3) is 5.57 Å². The Morgan fingerprint density at radius 3 is 2.18 bits per heavy atom. The van der Waals surface area contributed by atoms with E-state index in [2.05, 4.69) is 132 Å². The highest BCUT2D eigenvalue weighted by atomic mass is 15.3. The van der Waals surface area contributed by atoms with E-state index in [1.807, 2.05) is 0 Å². The van der Waals surface area contributed by atoms with Gasteiger partial charge >= 0.3 is 0 Å². The smallest absolute Gasteiger partial charge is 0.0759 e. The summed E-state index contributed by atoms with van der Waals surface area (Å²) >= 11 is 0. The largest absolute Gasteiger partial charge is 0.360 e. The molecule has 0 bridgehead atoms. The minimum absolute atomic E-state index is 0.187. The van der Waals surface area contributed by atoms with Gasteiger partial charge in [0.1, 0.15) is 0 Å². The van der Waals surface area contributed by atoms with Crippen molar-refractivity contribution in [2.45, 2.75) is 101 Å². The van der Waals surface area contributed by atoms with Crippen LogP contribution >= 0.6 is 0 Å². The third-order valence-corrected chi connectivity index (χ3v) is 13.1. The van der Waals surface area contributed by atoms with Gasteiger partial charge in [0.2, 0.25) is 0 Å². The van der Waals surface area contributed by atoms with Crippen molar-refractivity contribution in [3.05, 3.63) is 183 Å². The average Bonchev–Trinajstić information content (AvgIpc) is 3.67. The third kappa shape index (κ3) is 4.74. The minimum Gasteiger partial charge on any atom is -0.360 e. The maximum atomic E-state index is 2.80. The summed E-state index contributed by atoms with van der Waals surface area (Å²) in [5, 5.41) is 0. The fourth-order valence-electron chi connectivity index (χ4n) is 10.9. The van der Waals surface area contributed by atoms with Gasteiger partial charge in [-0.2, -0.15) is 0 Å². The van der Waals surface area contributed by atoms with E-state index in [0.29, 0.717) is 6.04 Å². The van der Waals surface area contributed by atoms with Gasteiger partial charge < -0.3 is 9.80 Å². The Morgan fingerprint density at radius 2 is 1.43 bits per heavy atom. The lowest BCUT2D eigenvalue weighted by Crippen LogP contribution is -2.56. The molecule has 10 rings (SSSR count). The van der Waals surface area contributed by atoms with Gasteiger partial charge in [0.25, 0.3) is 0 Å². The molecule has 1 heterocycles. The topological polar surface area (TPSA) is 6.48 Å². The number of hydrogen-bond acceptors (Lipinski definition) is 2. The van der Waals surface area contributed by atoms with E-state index in [-0.39, 0.29) is 11.5 Å². The molecular formula is C49H50N2. The number of allylic oxidation sites excluding steroid dienone is 23. The number of fused-ring (bicyclic) bond motifs is 8. The molecule has 0 radical (unpaired) electrons. The van der Waals surface area contributed by atoms with E-state index >= 15 is 0 Å². The van der Waals surface area contributed by atoms with Crippen molar-refractivity contribution in [2.24, 2.45) is 0 Å². The van der Waals surface area contributed by atoms with Crippen molar-refractivity contribution in [2.75, 3.05) is 6.54 Å². The van der Waals surface area contributed by atoms with Crippen LogP contribution in [-0.4, -0.2) is 28.4 Å². The third-order valence-electron chi connectivity index (χ3n) is 13.1. The molecule has 0 aromatic heterocycles. The fourth-order valence-corrected chi connectivity index (χ4v) is 10.9. The van der Waals surface area contributed by atoms with Crippen molar-refractivity contribution in [1.29, 1.82) is 0 Å². The predicted molar refractivity (Wildman–Crippen MR) is 212 cm³/mol. The van der Waals surface area contributed by atoms with Crippen LogP contribution in [0, 0.1) is 0 Å². The summed E-state index contributed by atoms with van der Waals surface area (Å²) in [5.74, 6) is 0. The Morgan fingerprint density at radius 1 is 0.686 bits per heavy atom. The Balaban J connectivity index is 1.08. The van der Waals surface area contributed by atoms with Crippen LogP contribution < -0.4 is 0 Å². The summed E-state index contributed by atoms with van der Waals surface area (Å²) in [7, 11) is 0. The van der Waals surface area contributed by atoms with Crippen LogP contribution in [0.1, 0.15) is 95.1 Å². The molecule has 0 amide bonds. The number of rotatable bonds is 5. The summed E-state index contributed by atoms with van der Waals surface area (Å²) in [6.07, 6.45) is 50.3. The number of piperazine rings is 1. The zero-order valence-corrected chi connectivity index (χ0v) is 30.2. The zero-order valence-electron chi connectivity index (χ0n) is 30.2. The molecule has 9 aliphatic rings. The summed E-state index contributed by atoms with van der Waals surface area (Å²) in [6, 6.07) is 10.0. The average molecular weight is 667 g/mol. The molecule has 2 unspecified atom stereocenters. The molecule has 1 aliphatic heterocycles. The summed E-state index contributed by atoms with van der Waals surface area (Å²) in [4.78, 5) is 5.55. The second-order valence-electron chi connectivity index (χ2n) is 15.7. The first-order valence-corrected chi connectivity index (χ1v) is 20.0. The first kappa shape index (κ1) is 31.2. The lowest BCUT2D eigenvalue weighted by atomic mass is 9.66. The standard InChI is InChI=1S/C49H50N2/c1-2-3-17-38-33-50(36-28-26-35(27-29-36)34-15-5-4-6-16-34)47-24-13-14-25-48(47)51(38)37-30-31-42-41-20-9-12-23-45(41)49(46(42)32-37)43-21-10-7-18-39(43)40-19-8-11-22-44(40)49/h4-5,9-15,17,20-26,28,32,47-48H,2-3,6-8,16,18-19,27,29-31,33H2,1H3. The van der Waals surface area contributed by atoms with Gasteiger partial charge in [-0.3, -0.25) is 0 Å². The van der Waals surface area contributed by atoms with Gasteiger partial charge in [-0.25, -0.2) is 0 Å². The number of nitrogens with zero attached hydrogens (tertiary/aromatic N) is 2. The highest BCUT2D eigenvalue weighted by Gasteiger charge is 2.54. The molecule has 1 saturated heterocycles. The minimum atomic E-state index is -0.187. The molecule has 0 N–H and O–H groups in total. The molecule has 1 aromatic rings. The van der Waals surface area contributed by atoms with Gasteiger partial charge in [-0.05, 0) is 138 Å². The van der Waals surface area contributed by atoms with E-state index < -0.39 is 0 Å². The molecule has 2 nitrogen and oxygen atoms in total. The zero-order chi connectivity index (χ0) is 33.9. The highest BCUT2D eigenvalue weighted by Crippen LogP contribution is 2.65. The first-order chi connectivity index (χ1) is 25.3. The number of unbranched alkanes of at least 4 members (excludes halogenated alkanes) is 1. The van der Waals surface area contributed by atoms with Crippen LogP contribution in [0.3, 0.4) is 0 Å². The van der Waals surface area contributed by atoms with E-state index in [1.54, 1.807) is 33.4 Å². The molecule has 256 valence electrons. The molecule has 1 aromatic carbocycles. The lowest BCUT2D eigenvalue weighted by Gasteiger charge is -2.52. The molecule has 0 saturated carbocycles. The van der Waals surface area contributed by atoms with Gasteiger partial charge in [0.05, 0.1) is 24.0 Å². The molecule has 2 heteroatoms. The van der Waals surface area contributed by atoms with Gasteiger partial charge in [0, 0.05) is 17.1 Å². The SMILES string of the molecule is CCCC=C1CN(C2=CC=C(C3=CC=CCC3)CC2)C2C=CC=CC2N1C1=CC2=C(CC1)c1ccccc1C21C2=C(CCC=C2)C2=C1C=CCC2. The van der Waals surface area contributed by atoms with Crippen molar-refractivity contribution >= 4 is 5.57 Å². The van der Waals surface area contributed by atoms with Crippen LogP contribution in [0.5, 0.6) is 0 Å². The Kier molecular flexibility index (Phi) is 7.70. The van der Waals surface area contributed by atoms with Crippen LogP contribution in [0.4, 0.5) is 0 Å². The fraction of sp³-hybridized carbons (Fsp3) is 0.347. The van der Waals surface area contributed by atoms with Crippen LogP contribution in [0.15, 0.2) is 172 Å². The normalized spacial score (nSPS) is 27.7. The molecule has 2 atom stereocenters. The summed E-state index contributed by atoms with van der Waals surface area (Å²) in [5.41, 5.74) is 19.9. The molecule has 1 fully saturated rings. The molecule has 51 heavy (non-hydrogen) atoms. The van der Waals surface area contributed by atoms with Gasteiger partial charge in [0.15, 0.2) is 0 Å². The quantitative estimate of drug-likeness (QED) is 0.309. The molecule has 8 aliphatic carbocycles. The molecular weight excluding hydrogens is 617 g/mol. The monoisotopic (exact) mass is 666 g/mol. The Bertz CT molecular complexity index is 2060. The maximum absolute atomic E-state index is 2.80. The number of hydrogen-bond donors (Lipinski definition) is 0.